The van der Waals surface area contributed by atoms with Crippen LogP contribution in [0.4, 0.5) is 0 Å². The molecule has 1 amide bonds. The first-order valence-electron chi connectivity index (χ1n) is 5.96. The Morgan fingerprint density at radius 1 is 1.45 bits per heavy atom. The number of methoxy groups -OCH3 is 1. The number of benzene rings is 1. The van der Waals surface area contributed by atoms with Crippen LogP contribution in [-0.2, 0) is 10.0 Å². The van der Waals surface area contributed by atoms with Gasteiger partial charge in [0.05, 0.1) is 17.6 Å². The van der Waals surface area contributed by atoms with Crippen LogP contribution < -0.4 is 20.5 Å². The molecular weight excluding hydrogens is 282 g/mol. The summed E-state index contributed by atoms with van der Waals surface area (Å²) in [5.41, 5.74) is 5.23. The molecule has 0 spiro atoms. The largest absolute Gasteiger partial charge is 0.496 e. The molecule has 1 atom stereocenters. The molecule has 1 rings (SSSR count). The van der Waals surface area contributed by atoms with E-state index in [4.69, 9.17) is 10.5 Å². The molecule has 7 nitrogen and oxygen atoms in total. The van der Waals surface area contributed by atoms with Gasteiger partial charge in [0.2, 0.25) is 10.0 Å². The maximum atomic E-state index is 12.1. The van der Waals surface area contributed by atoms with Crippen LogP contribution in [0, 0.1) is 0 Å². The van der Waals surface area contributed by atoms with Gasteiger partial charge in [0.15, 0.2) is 0 Å². The van der Waals surface area contributed by atoms with Gasteiger partial charge in [-0.2, -0.15) is 0 Å². The SMILES string of the molecule is CNC(C)CNS(=O)(=O)c1ccc(OC)c(C(N)=O)c1. The molecule has 0 bridgehead atoms. The molecule has 112 valence electrons. The Morgan fingerprint density at radius 3 is 2.60 bits per heavy atom. The molecular formula is C12H19N3O4S. The third-order valence-electron chi connectivity index (χ3n) is 2.82. The number of nitrogens with two attached hydrogens (primary N) is 1. The molecule has 0 heterocycles. The van der Waals surface area contributed by atoms with Crippen LogP contribution in [0.25, 0.3) is 0 Å². The van der Waals surface area contributed by atoms with E-state index in [9.17, 15) is 13.2 Å². The molecule has 0 fully saturated rings. The smallest absolute Gasteiger partial charge is 0.252 e. The summed E-state index contributed by atoms with van der Waals surface area (Å²) in [6.07, 6.45) is 0. The van der Waals surface area contributed by atoms with Gasteiger partial charge in [-0.1, -0.05) is 0 Å². The van der Waals surface area contributed by atoms with E-state index in [-0.39, 0.29) is 28.8 Å². The fourth-order valence-corrected chi connectivity index (χ4v) is 2.62. The summed E-state index contributed by atoms with van der Waals surface area (Å²) >= 11 is 0. The number of ether oxygens (including phenoxy) is 1. The van der Waals surface area contributed by atoms with E-state index in [2.05, 4.69) is 10.0 Å². The minimum atomic E-state index is -3.70. The van der Waals surface area contributed by atoms with Crippen molar-refractivity contribution in [2.75, 3.05) is 20.7 Å². The maximum absolute atomic E-state index is 12.1. The van der Waals surface area contributed by atoms with Gasteiger partial charge in [0, 0.05) is 12.6 Å². The molecule has 0 aromatic heterocycles. The van der Waals surface area contributed by atoms with Crippen molar-refractivity contribution < 1.29 is 17.9 Å². The number of nitrogens with one attached hydrogen (secondary N) is 2. The molecule has 0 aliphatic heterocycles. The fourth-order valence-electron chi connectivity index (χ4n) is 1.47. The molecule has 1 aromatic carbocycles. The normalized spacial score (nSPS) is 12.9. The number of amides is 1. The number of sulfonamides is 1. The van der Waals surface area contributed by atoms with Gasteiger partial charge < -0.3 is 15.8 Å². The first-order chi connectivity index (χ1) is 9.31. The van der Waals surface area contributed by atoms with Crippen molar-refractivity contribution >= 4 is 15.9 Å². The van der Waals surface area contributed by atoms with E-state index < -0.39 is 15.9 Å². The van der Waals surface area contributed by atoms with E-state index in [1.165, 1.54) is 25.3 Å². The highest BCUT2D eigenvalue weighted by molar-refractivity contribution is 7.89. The zero-order valence-electron chi connectivity index (χ0n) is 11.6. The summed E-state index contributed by atoms with van der Waals surface area (Å²) in [6.45, 7) is 2.07. The third-order valence-corrected chi connectivity index (χ3v) is 4.24. The van der Waals surface area contributed by atoms with Crippen LogP contribution in [0.2, 0.25) is 0 Å². The molecule has 0 saturated carbocycles. The molecule has 1 unspecified atom stereocenters. The quantitative estimate of drug-likeness (QED) is 0.639. The second-order valence-corrected chi connectivity index (χ2v) is 6.03. The lowest BCUT2D eigenvalue weighted by atomic mass is 10.2. The summed E-state index contributed by atoms with van der Waals surface area (Å²) in [7, 11) is -0.588. The Bertz CT molecular complexity index is 586. The summed E-state index contributed by atoms with van der Waals surface area (Å²) in [5, 5.41) is 2.92. The second-order valence-electron chi connectivity index (χ2n) is 4.27. The number of hydrogen-bond acceptors (Lipinski definition) is 5. The third kappa shape index (κ3) is 3.92. The Kier molecular flexibility index (Phi) is 5.49. The first kappa shape index (κ1) is 16.4. The van der Waals surface area contributed by atoms with Crippen LogP contribution in [0.15, 0.2) is 23.1 Å². The van der Waals surface area contributed by atoms with Crippen molar-refractivity contribution in [3.63, 3.8) is 0 Å². The maximum Gasteiger partial charge on any atom is 0.252 e. The Morgan fingerprint density at radius 2 is 2.10 bits per heavy atom. The number of likely N-dealkylation sites (N-methyl/N-ethyl adjacent to an activating group) is 1. The van der Waals surface area contributed by atoms with Crippen molar-refractivity contribution in [2.45, 2.75) is 17.9 Å². The second kappa shape index (κ2) is 6.69. The number of rotatable bonds is 7. The average molecular weight is 301 g/mol. The van der Waals surface area contributed by atoms with Crippen molar-refractivity contribution in [1.82, 2.24) is 10.0 Å². The molecule has 0 aliphatic rings. The average Bonchev–Trinajstić information content (AvgIpc) is 2.43. The standard InChI is InChI=1S/C12H19N3O4S/c1-8(14-2)7-15-20(17,18)9-4-5-11(19-3)10(6-9)12(13)16/h4-6,8,14-15H,7H2,1-3H3,(H2,13,16). The molecule has 20 heavy (non-hydrogen) atoms. The minimum Gasteiger partial charge on any atom is -0.496 e. The van der Waals surface area contributed by atoms with E-state index in [0.717, 1.165) is 0 Å². The van der Waals surface area contributed by atoms with Gasteiger partial charge >= 0.3 is 0 Å². The van der Waals surface area contributed by atoms with Gasteiger partial charge in [-0.05, 0) is 32.2 Å². The number of hydrogen-bond donors (Lipinski definition) is 3. The number of carbonyl (C=O) groups is 1. The zero-order chi connectivity index (χ0) is 15.3. The van der Waals surface area contributed by atoms with Crippen molar-refractivity contribution in [1.29, 1.82) is 0 Å². The van der Waals surface area contributed by atoms with Crippen LogP contribution >= 0.6 is 0 Å². The highest BCUT2D eigenvalue weighted by Gasteiger charge is 2.18. The molecule has 4 N–H and O–H groups in total. The summed E-state index contributed by atoms with van der Waals surface area (Å²) < 4.78 is 31.6. The Labute approximate surface area is 118 Å². The Balaban J connectivity index is 3.07. The summed E-state index contributed by atoms with van der Waals surface area (Å²) in [6, 6.07) is 3.94. The lowest BCUT2D eigenvalue weighted by molar-refractivity contribution is 0.0997. The topological polar surface area (TPSA) is 111 Å². The molecule has 1 aromatic rings. The molecule has 0 saturated heterocycles. The van der Waals surface area contributed by atoms with Gasteiger partial charge in [-0.3, -0.25) is 4.79 Å². The van der Waals surface area contributed by atoms with Gasteiger partial charge in [-0.15, -0.1) is 0 Å². The monoisotopic (exact) mass is 301 g/mol. The predicted octanol–water partition coefficient (Wildman–Crippen LogP) is -0.320. The number of primary amides is 1. The van der Waals surface area contributed by atoms with Crippen molar-refractivity contribution in [3.8, 4) is 5.75 Å². The van der Waals surface area contributed by atoms with Gasteiger partial charge in [0.25, 0.3) is 5.91 Å². The predicted molar refractivity (Wildman–Crippen MR) is 75.2 cm³/mol. The van der Waals surface area contributed by atoms with Crippen molar-refractivity contribution in [3.05, 3.63) is 23.8 Å². The van der Waals surface area contributed by atoms with E-state index in [0.29, 0.717) is 0 Å². The lowest BCUT2D eigenvalue weighted by Gasteiger charge is -2.13. The van der Waals surface area contributed by atoms with Gasteiger partial charge in [-0.25, -0.2) is 13.1 Å². The highest BCUT2D eigenvalue weighted by Crippen LogP contribution is 2.21. The highest BCUT2D eigenvalue weighted by atomic mass is 32.2. The van der Waals surface area contributed by atoms with Crippen LogP contribution in [0.1, 0.15) is 17.3 Å². The van der Waals surface area contributed by atoms with Crippen LogP contribution in [0.3, 0.4) is 0 Å². The summed E-state index contributed by atoms with van der Waals surface area (Å²) in [4.78, 5) is 11.3. The van der Waals surface area contributed by atoms with Crippen molar-refractivity contribution in [2.24, 2.45) is 5.73 Å². The summed E-state index contributed by atoms with van der Waals surface area (Å²) in [5.74, 6) is -0.512. The van der Waals surface area contributed by atoms with Crippen LogP contribution in [0.5, 0.6) is 5.75 Å². The fraction of sp³-hybridized carbons (Fsp3) is 0.417. The van der Waals surface area contributed by atoms with E-state index >= 15 is 0 Å². The van der Waals surface area contributed by atoms with E-state index in [1.54, 1.807) is 7.05 Å². The first-order valence-corrected chi connectivity index (χ1v) is 7.45. The van der Waals surface area contributed by atoms with Gasteiger partial charge in [0.1, 0.15) is 5.75 Å². The Hall–Kier alpha value is -1.64. The molecule has 0 radical (unpaired) electrons. The van der Waals surface area contributed by atoms with Crippen LogP contribution in [-0.4, -0.2) is 41.1 Å². The minimum absolute atomic E-state index is 0.0152. The zero-order valence-corrected chi connectivity index (χ0v) is 12.5. The molecule has 8 heteroatoms. The molecule has 0 aliphatic carbocycles. The number of carbonyl (C=O) groups excluding carboxylic acids is 1. The lowest BCUT2D eigenvalue weighted by Crippen LogP contribution is -2.37. The van der Waals surface area contributed by atoms with E-state index in [1.807, 2.05) is 6.92 Å².